The molecule has 1 saturated heterocycles. The smallest absolute Gasteiger partial charge is 0.318 e. The molecule has 0 atom stereocenters. The molecule has 7 nitrogen and oxygen atoms in total. The molecule has 0 aromatic heterocycles. The monoisotopic (exact) mass is 395 g/mol. The molecule has 27 heavy (non-hydrogen) atoms. The molecule has 2 aliphatic heterocycles. The number of rotatable bonds is 6. The fourth-order valence-electron chi connectivity index (χ4n) is 3.46. The van der Waals surface area contributed by atoms with Crippen molar-refractivity contribution in [3.8, 4) is 0 Å². The summed E-state index contributed by atoms with van der Waals surface area (Å²) in [6.07, 6.45) is 1.80. The highest BCUT2D eigenvalue weighted by Gasteiger charge is 2.20. The maximum atomic E-state index is 12.3. The molecule has 8 heteroatoms. The van der Waals surface area contributed by atoms with Crippen molar-refractivity contribution in [1.82, 2.24) is 25.8 Å². The minimum atomic E-state index is -0.171. The molecule has 3 rings (SSSR count). The van der Waals surface area contributed by atoms with Gasteiger partial charge in [-0.25, -0.2) is 4.79 Å². The van der Waals surface area contributed by atoms with Crippen LogP contribution in [0.25, 0.3) is 0 Å². The largest absolute Gasteiger partial charge is 0.355 e. The topological polar surface area (TPSA) is 76.7 Å². The Morgan fingerprint density at radius 1 is 1.04 bits per heavy atom. The molecule has 0 aliphatic carbocycles. The lowest BCUT2D eigenvalue weighted by Gasteiger charge is -2.28. The minimum absolute atomic E-state index is 0. The van der Waals surface area contributed by atoms with E-state index in [2.05, 4.69) is 33.0 Å². The van der Waals surface area contributed by atoms with Crippen LogP contribution in [0.15, 0.2) is 24.3 Å². The maximum absolute atomic E-state index is 12.3. The van der Waals surface area contributed by atoms with Crippen molar-refractivity contribution in [2.75, 3.05) is 52.4 Å². The van der Waals surface area contributed by atoms with E-state index in [1.165, 1.54) is 11.1 Å². The Labute approximate surface area is 167 Å². The third-order valence-electron chi connectivity index (χ3n) is 5.00. The van der Waals surface area contributed by atoms with Crippen LogP contribution < -0.4 is 16.0 Å². The molecule has 0 saturated carbocycles. The number of benzene rings is 1. The van der Waals surface area contributed by atoms with Gasteiger partial charge >= 0.3 is 6.03 Å². The highest BCUT2D eigenvalue weighted by atomic mass is 35.5. The molecule has 0 unspecified atom stereocenters. The van der Waals surface area contributed by atoms with Crippen LogP contribution in [0, 0.1) is 0 Å². The van der Waals surface area contributed by atoms with Gasteiger partial charge in [-0.1, -0.05) is 24.3 Å². The summed E-state index contributed by atoms with van der Waals surface area (Å²) in [7, 11) is 0. The number of fused-ring (bicyclic) bond motifs is 1. The number of hydrogen-bond donors (Lipinski definition) is 3. The van der Waals surface area contributed by atoms with Crippen LogP contribution in [-0.2, 0) is 17.8 Å². The number of hydrogen-bond acceptors (Lipinski definition) is 4. The van der Waals surface area contributed by atoms with Gasteiger partial charge in [-0.3, -0.25) is 4.79 Å². The summed E-state index contributed by atoms with van der Waals surface area (Å²) in [6.45, 7) is 7.20. The standard InChI is InChI=1S/C19H29N5O2.ClH/c25-18(21-7-3-10-23-12-8-20-9-13-23)14-22-19(26)24-11-6-16-4-1-2-5-17(16)15-24;/h1-2,4-5,20H,3,6-15H2,(H,21,25)(H,22,26);1H. The lowest BCUT2D eigenvalue weighted by molar-refractivity contribution is -0.120. The number of nitrogens with one attached hydrogen (secondary N) is 3. The van der Waals surface area contributed by atoms with E-state index in [1.54, 1.807) is 4.90 Å². The van der Waals surface area contributed by atoms with Gasteiger partial charge in [0.1, 0.15) is 0 Å². The van der Waals surface area contributed by atoms with Crippen LogP contribution in [-0.4, -0.2) is 74.1 Å². The maximum Gasteiger partial charge on any atom is 0.318 e. The van der Waals surface area contributed by atoms with Gasteiger partial charge in [0, 0.05) is 45.8 Å². The fourth-order valence-corrected chi connectivity index (χ4v) is 3.46. The molecule has 1 fully saturated rings. The Morgan fingerprint density at radius 2 is 1.78 bits per heavy atom. The third-order valence-corrected chi connectivity index (χ3v) is 5.00. The summed E-state index contributed by atoms with van der Waals surface area (Å²) in [4.78, 5) is 28.3. The van der Waals surface area contributed by atoms with Crippen LogP contribution in [0.1, 0.15) is 17.5 Å². The van der Waals surface area contributed by atoms with Crippen molar-refractivity contribution < 1.29 is 9.59 Å². The van der Waals surface area contributed by atoms with Crippen molar-refractivity contribution in [1.29, 1.82) is 0 Å². The van der Waals surface area contributed by atoms with E-state index in [1.807, 2.05) is 12.1 Å². The molecule has 2 heterocycles. The highest BCUT2D eigenvalue weighted by Crippen LogP contribution is 2.18. The number of amides is 3. The quantitative estimate of drug-likeness (QED) is 0.616. The van der Waals surface area contributed by atoms with Crippen molar-refractivity contribution in [2.45, 2.75) is 19.4 Å². The van der Waals surface area contributed by atoms with Crippen molar-refractivity contribution in [3.05, 3.63) is 35.4 Å². The number of piperazine rings is 1. The first kappa shape index (κ1) is 21.5. The zero-order valence-electron chi connectivity index (χ0n) is 15.7. The second-order valence-corrected chi connectivity index (χ2v) is 6.89. The van der Waals surface area contributed by atoms with E-state index in [9.17, 15) is 9.59 Å². The number of carbonyl (C=O) groups is 2. The second kappa shape index (κ2) is 11.1. The summed E-state index contributed by atoms with van der Waals surface area (Å²) in [5.74, 6) is -0.129. The molecule has 150 valence electrons. The average Bonchev–Trinajstić information content (AvgIpc) is 2.70. The molecule has 0 bridgehead atoms. The summed E-state index contributed by atoms with van der Waals surface area (Å²) >= 11 is 0. The van der Waals surface area contributed by atoms with Crippen LogP contribution in [0.3, 0.4) is 0 Å². The number of urea groups is 1. The molecule has 1 aromatic carbocycles. The van der Waals surface area contributed by atoms with Gasteiger partial charge in [-0.15, -0.1) is 12.4 Å². The molecule has 0 spiro atoms. The van der Waals surface area contributed by atoms with Crippen LogP contribution >= 0.6 is 12.4 Å². The summed E-state index contributed by atoms with van der Waals surface area (Å²) in [5, 5.41) is 8.94. The average molecular weight is 396 g/mol. The van der Waals surface area contributed by atoms with E-state index in [0.29, 0.717) is 19.6 Å². The summed E-state index contributed by atoms with van der Waals surface area (Å²) in [5.41, 5.74) is 2.49. The van der Waals surface area contributed by atoms with Crippen LogP contribution in [0.4, 0.5) is 4.79 Å². The van der Waals surface area contributed by atoms with E-state index >= 15 is 0 Å². The Morgan fingerprint density at radius 3 is 2.56 bits per heavy atom. The van der Waals surface area contributed by atoms with Gasteiger partial charge < -0.3 is 25.8 Å². The van der Waals surface area contributed by atoms with Crippen LogP contribution in [0.2, 0.25) is 0 Å². The number of halogens is 1. The summed E-state index contributed by atoms with van der Waals surface area (Å²) in [6, 6.07) is 8.02. The van der Waals surface area contributed by atoms with Gasteiger partial charge in [0.2, 0.25) is 5.91 Å². The first-order valence-corrected chi connectivity index (χ1v) is 9.52. The zero-order chi connectivity index (χ0) is 18.2. The van der Waals surface area contributed by atoms with Gasteiger partial charge in [-0.05, 0) is 30.5 Å². The van der Waals surface area contributed by atoms with Gasteiger partial charge in [0.05, 0.1) is 6.54 Å². The fraction of sp³-hybridized carbons (Fsp3) is 0.579. The zero-order valence-corrected chi connectivity index (χ0v) is 16.5. The van der Waals surface area contributed by atoms with E-state index in [-0.39, 0.29) is 30.9 Å². The SMILES string of the molecule is Cl.O=C(CNC(=O)N1CCc2ccccc2C1)NCCCN1CCNCC1. The number of carbonyl (C=O) groups excluding carboxylic acids is 2. The second-order valence-electron chi connectivity index (χ2n) is 6.89. The van der Waals surface area contributed by atoms with Crippen molar-refractivity contribution in [3.63, 3.8) is 0 Å². The Balaban J connectivity index is 0.00000261. The first-order valence-electron chi connectivity index (χ1n) is 9.52. The number of nitrogens with zero attached hydrogens (tertiary/aromatic N) is 2. The van der Waals surface area contributed by atoms with Crippen molar-refractivity contribution in [2.24, 2.45) is 0 Å². The molecule has 1 aromatic rings. The molecule has 3 amide bonds. The van der Waals surface area contributed by atoms with E-state index in [0.717, 1.165) is 45.6 Å². The lowest BCUT2D eigenvalue weighted by Crippen LogP contribution is -2.46. The summed E-state index contributed by atoms with van der Waals surface area (Å²) < 4.78 is 0. The van der Waals surface area contributed by atoms with E-state index < -0.39 is 0 Å². The minimum Gasteiger partial charge on any atom is -0.355 e. The van der Waals surface area contributed by atoms with Gasteiger partial charge in [-0.2, -0.15) is 0 Å². The Kier molecular flexibility index (Phi) is 8.84. The molecular formula is C19H30ClN5O2. The van der Waals surface area contributed by atoms with Gasteiger partial charge in [0.15, 0.2) is 0 Å². The molecule has 0 radical (unpaired) electrons. The van der Waals surface area contributed by atoms with Crippen molar-refractivity contribution >= 4 is 24.3 Å². The van der Waals surface area contributed by atoms with Gasteiger partial charge in [0.25, 0.3) is 0 Å². The molecular weight excluding hydrogens is 366 g/mol. The Hall–Kier alpha value is -1.83. The highest BCUT2D eigenvalue weighted by molar-refractivity contribution is 5.85. The normalized spacial score (nSPS) is 16.8. The predicted molar refractivity (Wildman–Crippen MR) is 108 cm³/mol. The molecule has 3 N–H and O–H groups in total. The first-order chi connectivity index (χ1) is 12.7. The third kappa shape index (κ3) is 6.68. The lowest BCUT2D eigenvalue weighted by atomic mass is 10.0. The predicted octanol–water partition coefficient (Wildman–Crippen LogP) is 0.588. The van der Waals surface area contributed by atoms with E-state index in [4.69, 9.17) is 0 Å². The molecule has 2 aliphatic rings. The van der Waals surface area contributed by atoms with Crippen LogP contribution in [0.5, 0.6) is 0 Å². The Bertz CT molecular complexity index is 622.